The molecule has 3 heterocycles. The van der Waals surface area contributed by atoms with Gasteiger partial charge in [0.2, 0.25) is 17.7 Å². The van der Waals surface area contributed by atoms with Crippen LogP contribution < -0.4 is 10.6 Å². The molecule has 176 valence electrons. The summed E-state index contributed by atoms with van der Waals surface area (Å²) in [5.74, 6) is -1.45. The third-order valence-electron chi connectivity index (χ3n) is 7.11. The molecular formula is C23H39N3O4S. The molecule has 3 aliphatic heterocycles. The van der Waals surface area contributed by atoms with Gasteiger partial charge in [-0.15, -0.1) is 11.8 Å². The Balaban J connectivity index is 2.09. The van der Waals surface area contributed by atoms with Gasteiger partial charge in [0.1, 0.15) is 6.04 Å². The van der Waals surface area contributed by atoms with Gasteiger partial charge < -0.3 is 20.6 Å². The Morgan fingerprint density at radius 1 is 1.26 bits per heavy atom. The number of thioether (sulfide) groups is 1. The van der Waals surface area contributed by atoms with Gasteiger partial charge in [-0.1, -0.05) is 20.8 Å². The van der Waals surface area contributed by atoms with Gasteiger partial charge in [0, 0.05) is 16.8 Å². The van der Waals surface area contributed by atoms with E-state index in [1.54, 1.807) is 16.7 Å². The monoisotopic (exact) mass is 453 g/mol. The van der Waals surface area contributed by atoms with Crippen LogP contribution in [0.15, 0.2) is 0 Å². The lowest BCUT2D eigenvalue weighted by atomic mass is 9.66. The SMILES string of the molecule is CCCNC(=O)[C@@H]1[C@H]2C(=O)N([C@@H](CO)C(C)C)C(C(=O)NC(C)(C)C)C23CC[C@@]1(C)S3. The molecular weight excluding hydrogens is 414 g/mol. The minimum atomic E-state index is -0.695. The molecule has 0 aromatic carbocycles. The number of nitrogens with zero attached hydrogens (tertiary/aromatic N) is 1. The van der Waals surface area contributed by atoms with E-state index in [2.05, 4.69) is 17.6 Å². The Morgan fingerprint density at radius 3 is 2.42 bits per heavy atom. The van der Waals surface area contributed by atoms with Crippen LogP contribution in [0.3, 0.4) is 0 Å². The minimum Gasteiger partial charge on any atom is -0.394 e. The Morgan fingerprint density at radius 2 is 1.90 bits per heavy atom. The highest BCUT2D eigenvalue weighted by Crippen LogP contribution is 2.71. The second kappa shape index (κ2) is 8.25. The van der Waals surface area contributed by atoms with Gasteiger partial charge in [-0.25, -0.2) is 0 Å². The van der Waals surface area contributed by atoms with Crippen molar-refractivity contribution in [1.29, 1.82) is 0 Å². The van der Waals surface area contributed by atoms with E-state index in [0.717, 1.165) is 19.3 Å². The van der Waals surface area contributed by atoms with Gasteiger partial charge in [0.05, 0.1) is 29.2 Å². The van der Waals surface area contributed by atoms with Crippen molar-refractivity contribution in [2.24, 2.45) is 17.8 Å². The van der Waals surface area contributed by atoms with Crippen molar-refractivity contribution >= 4 is 29.5 Å². The molecule has 0 radical (unpaired) electrons. The van der Waals surface area contributed by atoms with Gasteiger partial charge in [-0.05, 0) is 52.9 Å². The first-order valence-corrected chi connectivity index (χ1v) is 12.4. The summed E-state index contributed by atoms with van der Waals surface area (Å²) in [6.07, 6.45) is 2.34. The maximum atomic E-state index is 13.9. The molecule has 3 N–H and O–H groups in total. The summed E-state index contributed by atoms with van der Waals surface area (Å²) in [7, 11) is 0. The molecule has 0 saturated carbocycles. The second-order valence-corrected chi connectivity index (χ2v) is 12.9. The Hall–Kier alpha value is -1.28. The number of likely N-dealkylation sites (tertiary alicyclic amines) is 1. The molecule has 6 atom stereocenters. The van der Waals surface area contributed by atoms with Crippen LogP contribution in [0, 0.1) is 17.8 Å². The smallest absolute Gasteiger partial charge is 0.244 e. The lowest BCUT2D eigenvalue weighted by Gasteiger charge is -2.39. The van der Waals surface area contributed by atoms with Crippen LogP contribution in [-0.2, 0) is 14.4 Å². The summed E-state index contributed by atoms with van der Waals surface area (Å²) in [5.41, 5.74) is -0.448. The van der Waals surface area contributed by atoms with Crippen molar-refractivity contribution in [2.45, 2.75) is 94.8 Å². The van der Waals surface area contributed by atoms with Crippen molar-refractivity contribution in [1.82, 2.24) is 15.5 Å². The largest absolute Gasteiger partial charge is 0.394 e. The molecule has 3 aliphatic rings. The lowest BCUT2D eigenvalue weighted by molar-refractivity contribution is -0.144. The highest BCUT2D eigenvalue weighted by Gasteiger charge is 2.77. The number of carbonyl (C=O) groups excluding carboxylic acids is 3. The highest BCUT2D eigenvalue weighted by molar-refractivity contribution is 8.02. The number of nitrogens with one attached hydrogen (secondary N) is 2. The first-order chi connectivity index (χ1) is 14.3. The van der Waals surface area contributed by atoms with E-state index in [9.17, 15) is 19.5 Å². The normalized spacial score (nSPS) is 35.5. The maximum absolute atomic E-state index is 13.9. The van der Waals surface area contributed by atoms with Crippen LogP contribution in [-0.4, -0.2) is 68.0 Å². The predicted molar refractivity (Wildman–Crippen MR) is 122 cm³/mol. The number of hydrogen-bond donors (Lipinski definition) is 3. The average molecular weight is 454 g/mol. The van der Waals surface area contributed by atoms with Crippen molar-refractivity contribution in [3.05, 3.63) is 0 Å². The van der Waals surface area contributed by atoms with Crippen LogP contribution in [0.25, 0.3) is 0 Å². The summed E-state index contributed by atoms with van der Waals surface area (Å²) in [6, 6.07) is -1.16. The molecule has 0 aliphatic carbocycles. The van der Waals surface area contributed by atoms with Gasteiger partial charge in [-0.3, -0.25) is 14.4 Å². The zero-order chi connectivity index (χ0) is 23.4. The number of hydrogen-bond acceptors (Lipinski definition) is 5. The summed E-state index contributed by atoms with van der Waals surface area (Å²) in [5, 5.41) is 16.3. The van der Waals surface area contributed by atoms with Crippen LogP contribution in [0.2, 0.25) is 0 Å². The lowest BCUT2D eigenvalue weighted by Crippen LogP contribution is -2.60. The molecule has 7 nitrogen and oxygen atoms in total. The van der Waals surface area contributed by atoms with Gasteiger partial charge in [0.15, 0.2) is 0 Å². The highest BCUT2D eigenvalue weighted by atomic mass is 32.2. The molecule has 3 fully saturated rings. The zero-order valence-electron chi connectivity index (χ0n) is 19.9. The minimum absolute atomic E-state index is 0.0146. The van der Waals surface area contributed by atoms with Crippen molar-refractivity contribution in [3.8, 4) is 0 Å². The number of aliphatic hydroxyl groups is 1. The van der Waals surface area contributed by atoms with Gasteiger partial charge in [-0.2, -0.15) is 0 Å². The molecule has 2 unspecified atom stereocenters. The summed E-state index contributed by atoms with van der Waals surface area (Å²) < 4.78 is -1.01. The van der Waals surface area contributed by atoms with E-state index in [1.165, 1.54) is 0 Å². The summed E-state index contributed by atoms with van der Waals surface area (Å²) >= 11 is 1.67. The molecule has 31 heavy (non-hydrogen) atoms. The molecule has 8 heteroatoms. The van der Waals surface area contributed by atoms with E-state index in [-0.39, 0.29) is 35.0 Å². The van der Waals surface area contributed by atoms with E-state index in [0.29, 0.717) is 6.54 Å². The second-order valence-electron chi connectivity index (χ2n) is 11.0. The Labute approximate surface area is 190 Å². The van der Waals surface area contributed by atoms with Gasteiger partial charge in [0.25, 0.3) is 0 Å². The zero-order valence-corrected chi connectivity index (χ0v) is 20.8. The fraction of sp³-hybridized carbons (Fsp3) is 0.870. The molecule has 0 aromatic rings. The first kappa shape index (κ1) is 24.4. The molecule has 3 amide bonds. The standard InChI is InChI=1S/C23H39N3O4S/c1-8-11-24-18(28)15-16-20(30)26(14(12-27)13(2)3)17(19(29)25-21(4,5)6)23(16)10-9-22(15,7)31-23/h13-17,27H,8-12H2,1-7H3,(H,24,28)(H,25,29)/t14-,15-,16-,17?,22+,23?/m0/s1. The predicted octanol–water partition coefficient (Wildman–Crippen LogP) is 1.93. The molecule has 1 spiro atoms. The average Bonchev–Trinajstić information content (AvgIpc) is 3.20. The molecule has 2 bridgehead atoms. The number of carbonyl (C=O) groups is 3. The van der Waals surface area contributed by atoms with Crippen LogP contribution in [0.5, 0.6) is 0 Å². The summed E-state index contributed by atoms with van der Waals surface area (Å²) in [4.78, 5) is 42.4. The van der Waals surface area contributed by atoms with Crippen LogP contribution >= 0.6 is 11.8 Å². The summed E-state index contributed by atoms with van der Waals surface area (Å²) in [6.45, 7) is 14.1. The van der Waals surface area contributed by atoms with Crippen molar-refractivity contribution < 1.29 is 19.5 Å². The first-order valence-electron chi connectivity index (χ1n) is 11.6. The third-order valence-corrected chi connectivity index (χ3v) is 9.09. The Bertz CT molecular complexity index is 752. The van der Waals surface area contributed by atoms with Crippen molar-refractivity contribution in [2.75, 3.05) is 13.2 Å². The quantitative estimate of drug-likeness (QED) is 0.547. The van der Waals surface area contributed by atoms with Crippen molar-refractivity contribution in [3.63, 3.8) is 0 Å². The van der Waals surface area contributed by atoms with Gasteiger partial charge >= 0.3 is 0 Å². The number of amides is 3. The molecule has 3 rings (SSSR count). The third kappa shape index (κ3) is 3.88. The van der Waals surface area contributed by atoms with E-state index in [4.69, 9.17) is 0 Å². The molecule has 3 saturated heterocycles. The topological polar surface area (TPSA) is 98.7 Å². The van der Waals surface area contributed by atoms with Crippen LogP contribution in [0.4, 0.5) is 0 Å². The number of fused-ring (bicyclic) bond motifs is 1. The Kier molecular flexibility index (Phi) is 6.48. The fourth-order valence-corrected chi connectivity index (χ4v) is 8.18. The van der Waals surface area contributed by atoms with E-state index in [1.807, 2.05) is 41.5 Å². The number of rotatable bonds is 7. The van der Waals surface area contributed by atoms with Crippen LogP contribution in [0.1, 0.15) is 67.7 Å². The van der Waals surface area contributed by atoms with E-state index < -0.39 is 34.2 Å². The van der Waals surface area contributed by atoms with E-state index >= 15 is 0 Å². The maximum Gasteiger partial charge on any atom is 0.244 e. The molecule has 0 aromatic heterocycles. The number of aliphatic hydroxyl groups excluding tert-OH is 1. The fourth-order valence-electron chi connectivity index (χ4n) is 5.84.